The molecule has 0 nitrogen and oxygen atoms in total. The van der Waals surface area contributed by atoms with Crippen LogP contribution < -0.4 is 0 Å². The summed E-state index contributed by atoms with van der Waals surface area (Å²) in [5.41, 5.74) is 8.44. The zero-order valence-corrected chi connectivity index (χ0v) is 19.9. The molecule has 0 aromatic heterocycles. The minimum Gasteiger partial charge on any atom is -0.138 e. The van der Waals surface area contributed by atoms with E-state index in [-0.39, 0.29) is 0 Å². The molecule has 0 heterocycles. The van der Waals surface area contributed by atoms with Gasteiger partial charge in [0.15, 0.2) is 0 Å². The van der Waals surface area contributed by atoms with Crippen LogP contribution in [0.5, 0.6) is 0 Å². The Morgan fingerprint density at radius 2 is 0.714 bits per heavy atom. The van der Waals surface area contributed by atoms with E-state index >= 15 is 0 Å². The van der Waals surface area contributed by atoms with Crippen LogP contribution in [0.3, 0.4) is 0 Å². The maximum Gasteiger partial charge on any atom is 0.0911 e. The largest absolute Gasteiger partial charge is 0.138 e. The first-order valence-electron chi connectivity index (χ1n) is 9.44. The van der Waals surface area contributed by atoms with Crippen LogP contribution in [-0.2, 0) is 0 Å². The number of benzene rings is 5. The molecule has 0 radical (unpaired) electrons. The van der Waals surface area contributed by atoms with E-state index in [1.54, 1.807) is 0 Å². The highest BCUT2D eigenvalue weighted by molar-refractivity contribution is 6.22. The second-order valence-electron chi connectivity index (χ2n) is 7.12. The van der Waals surface area contributed by atoms with Crippen molar-refractivity contribution in [3.8, 4) is 22.9 Å². The van der Waals surface area contributed by atoms with Gasteiger partial charge >= 0.3 is 0 Å². The SMILES string of the molecule is [SiH3]C#Cc1ccc2cc3cc4cc5ccc(C#C[SiH3])cc5cc4cc3cc2c1. The van der Waals surface area contributed by atoms with Crippen molar-refractivity contribution in [2.24, 2.45) is 0 Å². The molecule has 0 aliphatic rings. The average Bonchev–Trinajstić information content (AvgIpc) is 2.70. The molecule has 5 rings (SSSR count). The van der Waals surface area contributed by atoms with Crippen molar-refractivity contribution >= 4 is 63.6 Å². The zero-order chi connectivity index (χ0) is 19.1. The van der Waals surface area contributed by atoms with Crippen LogP contribution in [0.4, 0.5) is 0 Å². The van der Waals surface area contributed by atoms with Gasteiger partial charge in [-0.2, -0.15) is 0 Å². The van der Waals surface area contributed by atoms with E-state index < -0.39 is 0 Å². The second-order valence-corrected chi connectivity index (χ2v) is 8.12. The fraction of sp³-hybridized carbons (Fsp3) is 0. The molecule has 0 bridgehead atoms. The molecule has 0 atom stereocenters. The molecule has 5 aromatic rings. The van der Waals surface area contributed by atoms with Crippen molar-refractivity contribution in [3.63, 3.8) is 0 Å². The van der Waals surface area contributed by atoms with E-state index in [1.807, 2.05) is 0 Å². The van der Waals surface area contributed by atoms with Gasteiger partial charge in [0, 0.05) is 11.1 Å². The van der Waals surface area contributed by atoms with Gasteiger partial charge in [0.25, 0.3) is 0 Å². The molecule has 0 saturated heterocycles. The highest BCUT2D eigenvalue weighted by Crippen LogP contribution is 2.30. The molecule has 28 heavy (non-hydrogen) atoms. The lowest BCUT2D eigenvalue weighted by molar-refractivity contribution is 1.71. The molecular formula is C26H18Si2. The Balaban J connectivity index is 1.77. The number of hydrogen-bond acceptors (Lipinski definition) is 0. The molecule has 0 spiro atoms. The summed E-state index contributed by atoms with van der Waals surface area (Å²) in [5.74, 6) is 6.43. The van der Waals surface area contributed by atoms with E-state index in [2.05, 4.69) is 95.7 Å². The minimum atomic E-state index is 0.906. The first kappa shape index (κ1) is 16.8. The first-order chi connectivity index (χ1) is 13.7. The number of fused-ring (bicyclic) bond motifs is 4. The Morgan fingerprint density at radius 1 is 0.393 bits per heavy atom. The van der Waals surface area contributed by atoms with E-state index in [0.29, 0.717) is 0 Å². The van der Waals surface area contributed by atoms with Gasteiger partial charge in [-0.15, -0.1) is 11.1 Å². The van der Waals surface area contributed by atoms with Crippen LogP contribution in [0.25, 0.3) is 43.1 Å². The highest BCUT2D eigenvalue weighted by Gasteiger charge is 2.04. The van der Waals surface area contributed by atoms with Crippen LogP contribution in [0.1, 0.15) is 11.1 Å². The summed E-state index contributed by atoms with van der Waals surface area (Å²) in [7, 11) is 1.81. The normalized spacial score (nSPS) is 10.9. The first-order valence-corrected chi connectivity index (χ1v) is 11.4. The summed E-state index contributed by atoms with van der Waals surface area (Å²) in [6.07, 6.45) is 0. The van der Waals surface area contributed by atoms with Crippen LogP contribution in [0.15, 0.2) is 72.8 Å². The van der Waals surface area contributed by atoms with Gasteiger partial charge in [-0.05, 0) is 104 Å². The molecule has 0 aliphatic heterocycles. The predicted molar refractivity (Wildman–Crippen MR) is 130 cm³/mol. The summed E-state index contributed by atoms with van der Waals surface area (Å²) in [4.78, 5) is 0. The van der Waals surface area contributed by atoms with Crippen molar-refractivity contribution in [1.29, 1.82) is 0 Å². The maximum absolute atomic E-state index is 3.22. The molecule has 2 heteroatoms. The van der Waals surface area contributed by atoms with Crippen molar-refractivity contribution in [2.75, 3.05) is 0 Å². The molecule has 0 fully saturated rings. The minimum absolute atomic E-state index is 0.906. The Labute approximate surface area is 170 Å². The second kappa shape index (κ2) is 6.69. The summed E-state index contributed by atoms with van der Waals surface area (Å²) >= 11 is 0. The third kappa shape index (κ3) is 2.90. The van der Waals surface area contributed by atoms with Crippen molar-refractivity contribution < 1.29 is 0 Å². The lowest BCUT2D eigenvalue weighted by Gasteiger charge is -2.08. The predicted octanol–water partition coefficient (Wildman–Crippen LogP) is 3.65. The Morgan fingerprint density at radius 3 is 1.07 bits per heavy atom. The monoisotopic (exact) mass is 386 g/mol. The molecule has 0 amide bonds. The highest BCUT2D eigenvalue weighted by atomic mass is 28.1. The summed E-state index contributed by atoms with van der Waals surface area (Å²) in [6, 6.07) is 26.8. The van der Waals surface area contributed by atoms with Gasteiger partial charge in [-0.1, -0.05) is 24.0 Å². The number of rotatable bonds is 0. The molecule has 0 saturated carbocycles. The lowest BCUT2D eigenvalue weighted by Crippen LogP contribution is -1.83. The van der Waals surface area contributed by atoms with Gasteiger partial charge in [-0.3, -0.25) is 0 Å². The third-order valence-corrected chi connectivity index (χ3v) is 5.74. The summed E-state index contributed by atoms with van der Waals surface area (Å²) in [6.45, 7) is 0. The van der Waals surface area contributed by atoms with Gasteiger partial charge < -0.3 is 0 Å². The summed E-state index contributed by atoms with van der Waals surface area (Å²) < 4.78 is 0. The molecule has 0 unspecified atom stereocenters. The van der Waals surface area contributed by atoms with Crippen LogP contribution >= 0.6 is 0 Å². The van der Waals surface area contributed by atoms with Crippen LogP contribution in [0.2, 0.25) is 0 Å². The van der Waals surface area contributed by atoms with E-state index in [4.69, 9.17) is 0 Å². The maximum atomic E-state index is 3.22. The van der Waals surface area contributed by atoms with Crippen LogP contribution in [0, 0.1) is 22.9 Å². The standard InChI is InChI=1S/C26H18Si2/c27-7-5-17-1-3-19-11-23-15-24-12-20-4-2-18(6-8-28)10-22(20)14-26(24)16-25(23)13-21(19)9-17/h1-4,9-16H,27-28H3. The molecule has 130 valence electrons. The number of hydrogen-bond donors (Lipinski definition) is 0. The van der Waals surface area contributed by atoms with Crippen molar-refractivity contribution in [3.05, 3.63) is 83.9 Å². The fourth-order valence-corrected chi connectivity index (χ4v) is 4.52. The van der Waals surface area contributed by atoms with Crippen molar-refractivity contribution in [1.82, 2.24) is 0 Å². The van der Waals surface area contributed by atoms with Gasteiger partial charge in [0.2, 0.25) is 0 Å². The van der Waals surface area contributed by atoms with Crippen molar-refractivity contribution in [2.45, 2.75) is 0 Å². The fourth-order valence-electron chi connectivity index (χ4n) is 3.95. The van der Waals surface area contributed by atoms with Gasteiger partial charge in [0.1, 0.15) is 0 Å². The lowest BCUT2D eigenvalue weighted by atomic mass is 9.96. The Kier molecular flexibility index (Phi) is 4.03. The third-order valence-electron chi connectivity index (χ3n) is 5.24. The Bertz CT molecular complexity index is 1420. The molecular weight excluding hydrogens is 368 g/mol. The smallest absolute Gasteiger partial charge is 0.0911 e. The molecule has 0 N–H and O–H groups in total. The Hall–Kier alpha value is -3.31. The van der Waals surface area contributed by atoms with Gasteiger partial charge in [0.05, 0.1) is 20.5 Å². The molecule has 5 aromatic carbocycles. The zero-order valence-electron chi connectivity index (χ0n) is 15.9. The summed E-state index contributed by atoms with van der Waals surface area (Å²) in [5, 5.41) is 10.1. The topological polar surface area (TPSA) is 0 Å². The van der Waals surface area contributed by atoms with E-state index in [0.717, 1.165) is 31.6 Å². The van der Waals surface area contributed by atoms with Gasteiger partial charge in [-0.25, -0.2) is 0 Å². The van der Waals surface area contributed by atoms with E-state index in [9.17, 15) is 0 Å². The average molecular weight is 387 g/mol. The van der Waals surface area contributed by atoms with Crippen LogP contribution in [-0.4, -0.2) is 20.5 Å². The quantitative estimate of drug-likeness (QED) is 0.216. The molecule has 0 aliphatic carbocycles. The van der Waals surface area contributed by atoms with E-state index in [1.165, 1.54) is 43.1 Å².